The molecular formula is C12H18O. The minimum atomic E-state index is -0.227. The van der Waals surface area contributed by atoms with Gasteiger partial charge >= 0.3 is 0 Å². The van der Waals surface area contributed by atoms with Crippen LogP contribution in [0.15, 0.2) is 0 Å². The second-order valence-electron chi connectivity index (χ2n) is 7.02. The zero-order valence-electron chi connectivity index (χ0n) is 8.51. The topological polar surface area (TPSA) is 20.2 Å². The van der Waals surface area contributed by atoms with Crippen LogP contribution in [0.4, 0.5) is 0 Å². The summed E-state index contributed by atoms with van der Waals surface area (Å²) < 4.78 is 0. The van der Waals surface area contributed by atoms with Gasteiger partial charge < -0.3 is 5.11 Å². The zero-order chi connectivity index (χ0) is 9.06. The van der Waals surface area contributed by atoms with Gasteiger partial charge in [-0.15, -0.1) is 0 Å². The summed E-state index contributed by atoms with van der Waals surface area (Å²) in [5, 5.41) is 10.6. The van der Waals surface area contributed by atoms with Crippen LogP contribution in [-0.2, 0) is 0 Å². The average Bonchev–Trinajstić information content (AvgIpc) is 2.51. The van der Waals surface area contributed by atoms with E-state index in [4.69, 9.17) is 0 Å². The fraction of sp³-hybridized carbons (Fsp3) is 1.00. The van der Waals surface area contributed by atoms with Gasteiger partial charge in [-0.05, 0) is 54.3 Å². The normalized spacial score (nSPS) is 77.3. The Morgan fingerprint density at radius 1 is 1.08 bits per heavy atom. The van der Waals surface area contributed by atoms with Crippen LogP contribution in [0.25, 0.3) is 0 Å². The van der Waals surface area contributed by atoms with Crippen molar-refractivity contribution in [2.75, 3.05) is 0 Å². The second-order valence-corrected chi connectivity index (χ2v) is 7.02. The van der Waals surface area contributed by atoms with Gasteiger partial charge in [0.2, 0.25) is 0 Å². The Bertz CT molecular complexity index is 286. The molecule has 0 spiro atoms. The highest BCUT2D eigenvalue weighted by molar-refractivity contribution is 5.29. The van der Waals surface area contributed by atoms with E-state index in [1.807, 2.05) is 0 Å². The van der Waals surface area contributed by atoms with Crippen LogP contribution in [0.5, 0.6) is 0 Å². The van der Waals surface area contributed by atoms with E-state index in [1.165, 1.54) is 12.8 Å². The lowest BCUT2D eigenvalue weighted by molar-refractivity contribution is -0.120. The molecule has 6 atom stereocenters. The van der Waals surface area contributed by atoms with Gasteiger partial charge in [0.1, 0.15) is 0 Å². The Kier molecular flexibility index (Phi) is 0.839. The van der Waals surface area contributed by atoms with Gasteiger partial charge in [0.25, 0.3) is 0 Å². The summed E-state index contributed by atoms with van der Waals surface area (Å²) in [6, 6.07) is 0. The van der Waals surface area contributed by atoms with Crippen LogP contribution in [0.3, 0.4) is 0 Å². The molecule has 1 nitrogen and oxygen atoms in total. The Hall–Kier alpha value is -0.0400. The van der Waals surface area contributed by atoms with Crippen molar-refractivity contribution >= 4 is 0 Å². The Balaban J connectivity index is 1.92. The maximum Gasteiger partial charge on any atom is 0.0692 e. The maximum atomic E-state index is 10.6. The minimum absolute atomic E-state index is 0.227. The molecule has 0 aromatic carbocycles. The van der Waals surface area contributed by atoms with Crippen molar-refractivity contribution in [1.29, 1.82) is 0 Å². The van der Waals surface area contributed by atoms with Crippen molar-refractivity contribution in [2.24, 2.45) is 28.6 Å². The summed E-state index contributed by atoms with van der Waals surface area (Å²) in [7, 11) is 0. The van der Waals surface area contributed by atoms with Gasteiger partial charge in [-0.3, -0.25) is 0 Å². The number of hydrogen-bond donors (Lipinski definition) is 1. The molecule has 5 aliphatic rings. The quantitative estimate of drug-likeness (QED) is 0.603. The monoisotopic (exact) mass is 178 g/mol. The molecule has 1 N–H and O–H groups in total. The van der Waals surface area contributed by atoms with E-state index in [0.717, 1.165) is 24.7 Å². The highest BCUT2D eigenvalue weighted by Crippen LogP contribution is 2.83. The molecule has 13 heavy (non-hydrogen) atoms. The molecule has 0 heterocycles. The van der Waals surface area contributed by atoms with E-state index >= 15 is 0 Å². The standard InChI is InChI=1S/C12H18O/c1-10-3-7-8-9(7)12(13,5-10)6-11(8,2)4-10/h7-9,13H,3-6H2,1-2H3/t7-,8?,9?,10+,11-,12+/m0/s1. The van der Waals surface area contributed by atoms with Crippen LogP contribution >= 0.6 is 0 Å². The Labute approximate surface area is 79.5 Å². The fourth-order valence-electron chi connectivity index (χ4n) is 6.10. The first-order chi connectivity index (χ1) is 5.96. The molecule has 0 amide bonds. The van der Waals surface area contributed by atoms with Gasteiger partial charge in [0.15, 0.2) is 0 Å². The lowest BCUT2D eigenvalue weighted by Crippen LogP contribution is -2.50. The molecule has 5 rings (SSSR count). The summed E-state index contributed by atoms with van der Waals surface area (Å²) in [4.78, 5) is 0. The van der Waals surface area contributed by atoms with Crippen molar-refractivity contribution in [1.82, 2.24) is 0 Å². The van der Waals surface area contributed by atoms with Crippen molar-refractivity contribution in [3.05, 3.63) is 0 Å². The fourth-order valence-corrected chi connectivity index (χ4v) is 6.10. The second kappa shape index (κ2) is 1.50. The third-order valence-electron chi connectivity index (χ3n) is 5.60. The molecule has 2 unspecified atom stereocenters. The molecular weight excluding hydrogens is 160 g/mol. The molecule has 0 aromatic heterocycles. The van der Waals surface area contributed by atoms with Crippen molar-refractivity contribution < 1.29 is 5.11 Å². The van der Waals surface area contributed by atoms with Crippen LogP contribution < -0.4 is 0 Å². The van der Waals surface area contributed by atoms with Gasteiger partial charge in [-0.1, -0.05) is 13.8 Å². The summed E-state index contributed by atoms with van der Waals surface area (Å²) in [6.45, 7) is 4.83. The summed E-state index contributed by atoms with van der Waals surface area (Å²) in [5.41, 5.74) is 0.792. The van der Waals surface area contributed by atoms with Gasteiger partial charge in [-0.2, -0.15) is 0 Å². The molecule has 4 bridgehead atoms. The van der Waals surface area contributed by atoms with Crippen LogP contribution in [0, 0.1) is 28.6 Å². The molecule has 0 saturated heterocycles. The molecule has 0 aliphatic heterocycles. The predicted molar refractivity (Wildman–Crippen MR) is 50.1 cm³/mol. The van der Waals surface area contributed by atoms with E-state index in [-0.39, 0.29) is 5.60 Å². The highest BCUT2D eigenvalue weighted by Gasteiger charge is 2.80. The minimum Gasteiger partial charge on any atom is -0.390 e. The third kappa shape index (κ3) is 0.587. The van der Waals surface area contributed by atoms with E-state index in [0.29, 0.717) is 16.7 Å². The average molecular weight is 178 g/mol. The predicted octanol–water partition coefficient (Wildman–Crippen LogP) is 2.19. The van der Waals surface area contributed by atoms with E-state index in [2.05, 4.69) is 13.8 Å². The smallest absolute Gasteiger partial charge is 0.0692 e. The number of aliphatic hydroxyl groups is 1. The van der Waals surface area contributed by atoms with Gasteiger partial charge in [0, 0.05) is 0 Å². The Morgan fingerprint density at radius 3 is 2.46 bits per heavy atom. The molecule has 72 valence electrons. The van der Waals surface area contributed by atoms with Crippen LogP contribution in [-0.4, -0.2) is 10.7 Å². The first kappa shape index (κ1) is 7.28. The highest BCUT2D eigenvalue weighted by atomic mass is 16.3. The van der Waals surface area contributed by atoms with Crippen molar-refractivity contribution in [3.63, 3.8) is 0 Å². The van der Waals surface area contributed by atoms with E-state index in [1.54, 1.807) is 0 Å². The lowest BCUT2D eigenvalue weighted by atomic mass is 9.53. The molecule has 5 fully saturated rings. The zero-order valence-corrected chi connectivity index (χ0v) is 8.51. The Morgan fingerprint density at radius 2 is 1.85 bits per heavy atom. The van der Waals surface area contributed by atoms with Crippen molar-refractivity contribution in [3.8, 4) is 0 Å². The number of hydrogen-bond acceptors (Lipinski definition) is 1. The SMILES string of the molecule is C[C@]12C[C@H]3C4C3[C@@](O)(C1)C[C@]4(C)C2. The first-order valence-electron chi connectivity index (χ1n) is 5.68. The van der Waals surface area contributed by atoms with Gasteiger partial charge in [0.05, 0.1) is 5.60 Å². The number of rotatable bonds is 0. The van der Waals surface area contributed by atoms with Gasteiger partial charge in [-0.25, -0.2) is 0 Å². The molecule has 0 aromatic rings. The van der Waals surface area contributed by atoms with Crippen LogP contribution in [0.1, 0.15) is 39.5 Å². The maximum absolute atomic E-state index is 10.6. The molecule has 0 radical (unpaired) electrons. The third-order valence-corrected chi connectivity index (χ3v) is 5.60. The molecule has 1 heteroatoms. The van der Waals surface area contributed by atoms with E-state index < -0.39 is 0 Å². The summed E-state index contributed by atoms with van der Waals surface area (Å²) >= 11 is 0. The van der Waals surface area contributed by atoms with Crippen molar-refractivity contribution in [2.45, 2.75) is 45.1 Å². The summed E-state index contributed by atoms with van der Waals surface area (Å²) in [5.74, 6) is 2.54. The molecule has 5 saturated carbocycles. The lowest BCUT2D eigenvalue weighted by Gasteiger charge is -2.54. The van der Waals surface area contributed by atoms with Crippen LogP contribution in [0.2, 0.25) is 0 Å². The first-order valence-corrected chi connectivity index (χ1v) is 5.68. The van der Waals surface area contributed by atoms with E-state index in [9.17, 15) is 5.11 Å². The molecule has 5 aliphatic carbocycles. The summed E-state index contributed by atoms with van der Waals surface area (Å²) in [6.07, 6.45) is 5.02. The largest absolute Gasteiger partial charge is 0.390 e.